The van der Waals surface area contributed by atoms with Crippen LogP contribution < -0.4 is 0 Å². The molecule has 2 rings (SSSR count). The van der Waals surface area contributed by atoms with Gasteiger partial charge in [-0.05, 0) is 31.0 Å². The molecule has 1 aliphatic heterocycles. The van der Waals surface area contributed by atoms with E-state index in [9.17, 15) is 18.7 Å². The van der Waals surface area contributed by atoms with Gasteiger partial charge in [-0.1, -0.05) is 0 Å². The van der Waals surface area contributed by atoms with Crippen LogP contribution in [0.1, 0.15) is 23.2 Å². The standard InChI is InChI=1S/C12H13F2NO2/c13-8-3-4-11(14)10(6-8)12(17)15-5-1-2-9(16)7-15/h3-4,6,9,16H,1-2,5,7H2. The molecule has 0 aliphatic carbocycles. The van der Waals surface area contributed by atoms with E-state index in [0.717, 1.165) is 18.2 Å². The molecule has 1 amide bonds. The molecule has 1 aliphatic rings. The number of benzene rings is 1. The number of halogens is 2. The molecule has 1 atom stereocenters. The predicted molar refractivity (Wildman–Crippen MR) is 57.5 cm³/mol. The third-order valence-corrected chi connectivity index (χ3v) is 2.84. The number of carbonyl (C=O) groups is 1. The van der Waals surface area contributed by atoms with Gasteiger partial charge in [0.05, 0.1) is 11.7 Å². The predicted octanol–water partition coefficient (Wildman–Crippen LogP) is 1.56. The molecule has 1 unspecified atom stereocenters. The van der Waals surface area contributed by atoms with Crippen LogP contribution in [0, 0.1) is 11.6 Å². The third kappa shape index (κ3) is 2.61. The van der Waals surface area contributed by atoms with Crippen molar-refractivity contribution in [1.82, 2.24) is 4.90 Å². The van der Waals surface area contributed by atoms with Crippen LogP contribution in [-0.2, 0) is 0 Å². The van der Waals surface area contributed by atoms with Crippen molar-refractivity contribution in [1.29, 1.82) is 0 Å². The second kappa shape index (κ2) is 4.79. The summed E-state index contributed by atoms with van der Waals surface area (Å²) in [7, 11) is 0. The minimum atomic E-state index is -0.739. The largest absolute Gasteiger partial charge is 0.391 e. The zero-order valence-corrected chi connectivity index (χ0v) is 9.20. The van der Waals surface area contributed by atoms with Crippen LogP contribution in [0.2, 0.25) is 0 Å². The van der Waals surface area contributed by atoms with Crippen LogP contribution in [0.15, 0.2) is 18.2 Å². The fourth-order valence-electron chi connectivity index (χ4n) is 1.97. The maximum absolute atomic E-state index is 13.4. The molecular weight excluding hydrogens is 228 g/mol. The van der Waals surface area contributed by atoms with Crippen molar-refractivity contribution in [2.75, 3.05) is 13.1 Å². The molecule has 0 radical (unpaired) electrons. The molecular formula is C12H13F2NO2. The van der Waals surface area contributed by atoms with Gasteiger partial charge in [0.15, 0.2) is 0 Å². The summed E-state index contributed by atoms with van der Waals surface area (Å²) in [5.41, 5.74) is -0.279. The Labute approximate surface area is 97.7 Å². The number of piperidine rings is 1. The molecule has 3 nitrogen and oxygen atoms in total. The van der Waals surface area contributed by atoms with E-state index in [0.29, 0.717) is 19.4 Å². The number of hydrogen-bond acceptors (Lipinski definition) is 2. The van der Waals surface area contributed by atoms with Gasteiger partial charge in [-0.25, -0.2) is 8.78 Å². The number of β-amino-alcohol motifs (C(OH)–C–C–N with tert-alkyl or cyclic N) is 1. The number of aliphatic hydroxyl groups is 1. The van der Waals surface area contributed by atoms with Crippen LogP contribution in [0.25, 0.3) is 0 Å². The summed E-state index contributed by atoms with van der Waals surface area (Å²) in [5, 5.41) is 9.44. The van der Waals surface area contributed by atoms with E-state index in [2.05, 4.69) is 0 Å². The average molecular weight is 241 g/mol. The van der Waals surface area contributed by atoms with Crippen molar-refractivity contribution >= 4 is 5.91 Å². The monoisotopic (exact) mass is 241 g/mol. The summed E-state index contributed by atoms with van der Waals surface area (Å²) < 4.78 is 26.4. The molecule has 1 fully saturated rings. The number of nitrogens with zero attached hydrogens (tertiary/aromatic N) is 1. The molecule has 0 saturated carbocycles. The first-order chi connectivity index (χ1) is 8.08. The normalized spacial score (nSPS) is 20.4. The fraction of sp³-hybridized carbons (Fsp3) is 0.417. The first-order valence-electron chi connectivity index (χ1n) is 5.50. The number of carbonyl (C=O) groups excluding carboxylic acids is 1. The maximum Gasteiger partial charge on any atom is 0.257 e. The Bertz CT molecular complexity index is 437. The Kier molecular flexibility index (Phi) is 3.38. The summed E-state index contributed by atoms with van der Waals surface area (Å²) in [6.07, 6.45) is 0.725. The SMILES string of the molecule is O=C(c1cc(F)ccc1F)N1CCCC(O)C1. The van der Waals surface area contributed by atoms with E-state index in [1.807, 2.05) is 0 Å². The van der Waals surface area contributed by atoms with Crippen molar-refractivity contribution in [3.8, 4) is 0 Å². The molecule has 0 bridgehead atoms. The minimum Gasteiger partial charge on any atom is -0.391 e. The maximum atomic E-state index is 13.4. The molecule has 5 heteroatoms. The minimum absolute atomic E-state index is 0.175. The summed E-state index contributed by atoms with van der Waals surface area (Å²) in [5.74, 6) is -1.95. The van der Waals surface area contributed by atoms with E-state index >= 15 is 0 Å². The van der Waals surface area contributed by atoms with Crippen molar-refractivity contribution in [2.24, 2.45) is 0 Å². The Morgan fingerprint density at radius 3 is 2.88 bits per heavy atom. The lowest BCUT2D eigenvalue weighted by Gasteiger charge is -2.30. The van der Waals surface area contributed by atoms with Gasteiger partial charge in [0.2, 0.25) is 0 Å². The van der Waals surface area contributed by atoms with Gasteiger partial charge in [0.1, 0.15) is 11.6 Å². The zero-order chi connectivity index (χ0) is 12.4. The highest BCUT2D eigenvalue weighted by atomic mass is 19.1. The van der Waals surface area contributed by atoms with Crippen molar-refractivity contribution in [3.05, 3.63) is 35.4 Å². The van der Waals surface area contributed by atoms with Crippen molar-refractivity contribution in [3.63, 3.8) is 0 Å². The molecule has 1 aromatic carbocycles. The fourth-order valence-corrected chi connectivity index (χ4v) is 1.97. The topological polar surface area (TPSA) is 40.5 Å². The summed E-state index contributed by atoms with van der Waals surface area (Å²) in [4.78, 5) is 13.3. The van der Waals surface area contributed by atoms with Crippen molar-refractivity contribution in [2.45, 2.75) is 18.9 Å². The quantitative estimate of drug-likeness (QED) is 0.810. The zero-order valence-electron chi connectivity index (χ0n) is 9.20. The van der Waals surface area contributed by atoms with Crippen LogP contribution in [0.3, 0.4) is 0 Å². The lowest BCUT2D eigenvalue weighted by Crippen LogP contribution is -2.42. The van der Waals surface area contributed by atoms with E-state index in [1.54, 1.807) is 0 Å². The van der Waals surface area contributed by atoms with Crippen molar-refractivity contribution < 1.29 is 18.7 Å². The number of rotatable bonds is 1. The second-order valence-corrected chi connectivity index (χ2v) is 4.17. The first-order valence-corrected chi connectivity index (χ1v) is 5.50. The lowest BCUT2D eigenvalue weighted by atomic mass is 10.1. The molecule has 1 heterocycles. The Hall–Kier alpha value is -1.49. The second-order valence-electron chi connectivity index (χ2n) is 4.17. The summed E-state index contributed by atoms with van der Waals surface area (Å²) >= 11 is 0. The van der Waals surface area contributed by atoms with Gasteiger partial charge in [0, 0.05) is 13.1 Å². The van der Waals surface area contributed by atoms with E-state index < -0.39 is 23.6 Å². The van der Waals surface area contributed by atoms with Gasteiger partial charge in [-0.15, -0.1) is 0 Å². The number of amides is 1. The van der Waals surface area contributed by atoms with Crippen LogP contribution in [0.4, 0.5) is 8.78 Å². The number of likely N-dealkylation sites (tertiary alicyclic amines) is 1. The first kappa shape index (κ1) is 12.0. The van der Waals surface area contributed by atoms with E-state index in [1.165, 1.54) is 4.90 Å². The Balaban J connectivity index is 2.21. The van der Waals surface area contributed by atoms with E-state index in [4.69, 9.17) is 0 Å². The summed E-state index contributed by atoms with van der Waals surface area (Å²) in [6.45, 7) is 0.640. The van der Waals surface area contributed by atoms with E-state index in [-0.39, 0.29) is 12.1 Å². The molecule has 1 N–H and O–H groups in total. The van der Waals surface area contributed by atoms with Gasteiger partial charge in [-0.3, -0.25) is 4.79 Å². The summed E-state index contributed by atoms with van der Waals surface area (Å²) in [6, 6.07) is 2.79. The van der Waals surface area contributed by atoms with Gasteiger partial charge < -0.3 is 10.0 Å². The van der Waals surface area contributed by atoms with Gasteiger partial charge >= 0.3 is 0 Å². The number of hydrogen-bond donors (Lipinski definition) is 1. The lowest BCUT2D eigenvalue weighted by molar-refractivity contribution is 0.0469. The molecule has 0 spiro atoms. The molecule has 0 aromatic heterocycles. The molecule has 92 valence electrons. The van der Waals surface area contributed by atoms with Crippen LogP contribution in [0.5, 0.6) is 0 Å². The van der Waals surface area contributed by atoms with Crippen LogP contribution in [-0.4, -0.2) is 35.1 Å². The highest BCUT2D eigenvalue weighted by molar-refractivity contribution is 5.94. The molecule has 1 saturated heterocycles. The van der Waals surface area contributed by atoms with Gasteiger partial charge in [-0.2, -0.15) is 0 Å². The highest BCUT2D eigenvalue weighted by Crippen LogP contribution is 2.16. The Morgan fingerprint density at radius 1 is 1.41 bits per heavy atom. The average Bonchev–Trinajstić information content (AvgIpc) is 2.31. The van der Waals surface area contributed by atoms with Gasteiger partial charge in [0.25, 0.3) is 5.91 Å². The Morgan fingerprint density at radius 2 is 2.18 bits per heavy atom. The number of aliphatic hydroxyl groups excluding tert-OH is 1. The third-order valence-electron chi connectivity index (χ3n) is 2.84. The molecule has 17 heavy (non-hydrogen) atoms. The van der Waals surface area contributed by atoms with Crippen LogP contribution >= 0.6 is 0 Å². The molecule has 1 aromatic rings. The highest BCUT2D eigenvalue weighted by Gasteiger charge is 2.25. The smallest absolute Gasteiger partial charge is 0.257 e.